The molecule has 3 aliphatic rings. The number of hydrogen-bond donors (Lipinski definition) is 3. The third kappa shape index (κ3) is 4.03. The molecule has 0 aliphatic carbocycles. The van der Waals surface area contributed by atoms with Gasteiger partial charge in [-0.15, -0.1) is 0 Å². The average molecular weight is 522 g/mol. The molecule has 3 N–H and O–H groups in total. The van der Waals surface area contributed by atoms with Gasteiger partial charge < -0.3 is 29.7 Å². The molecule has 0 saturated carbocycles. The molecule has 8 nitrogen and oxygen atoms in total. The van der Waals surface area contributed by atoms with Crippen molar-refractivity contribution in [1.82, 2.24) is 19.9 Å². The van der Waals surface area contributed by atoms with Crippen LogP contribution in [0, 0.1) is 5.92 Å². The van der Waals surface area contributed by atoms with Gasteiger partial charge in [0.05, 0.1) is 36.5 Å². The average Bonchev–Trinajstić information content (AvgIpc) is 3.41. The fraction of sp³-hybridized carbons (Fsp3) is 0.290. The van der Waals surface area contributed by atoms with E-state index in [0.717, 1.165) is 58.6 Å². The second-order valence-electron chi connectivity index (χ2n) is 10.5. The lowest BCUT2D eigenvalue weighted by Crippen LogP contribution is -2.53. The minimum Gasteiger partial charge on any atom is -0.496 e. The number of fused-ring (bicyclic) bond motifs is 5. The molecule has 3 aromatic carbocycles. The van der Waals surface area contributed by atoms with Crippen LogP contribution >= 0.6 is 0 Å². The summed E-state index contributed by atoms with van der Waals surface area (Å²) in [6, 6.07) is 20.0. The lowest BCUT2D eigenvalue weighted by molar-refractivity contribution is 0.0976. The maximum absolute atomic E-state index is 13.8. The monoisotopic (exact) mass is 521 g/mol. The van der Waals surface area contributed by atoms with Crippen LogP contribution in [0.25, 0.3) is 44.5 Å². The SMILES string of the molecule is COc1ccccc1-c1cc2c(N[C@H]3CN4CCC3CC4)c(-c3nc4ccccc4[nH]3)c(=O)[nH]c2cc1OC. The number of nitrogens with zero attached hydrogens (tertiary/aromatic N) is 2. The first-order chi connectivity index (χ1) is 19.1. The normalized spacial score (nSPS) is 20.4. The largest absolute Gasteiger partial charge is 0.496 e. The second-order valence-corrected chi connectivity index (χ2v) is 10.5. The first-order valence-corrected chi connectivity index (χ1v) is 13.5. The zero-order chi connectivity index (χ0) is 26.5. The lowest BCUT2D eigenvalue weighted by Gasteiger charge is -2.45. The maximum Gasteiger partial charge on any atom is 0.261 e. The number of rotatable bonds is 6. The number of methoxy groups -OCH3 is 2. The Morgan fingerprint density at radius 3 is 2.41 bits per heavy atom. The fourth-order valence-corrected chi connectivity index (χ4v) is 6.33. The zero-order valence-corrected chi connectivity index (χ0v) is 22.1. The predicted molar refractivity (Wildman–Crippen MR) is 155 cm³/mol. The van der Waals surface area contributed by atoms with Crippen LogP contribution in [0.15, 0.2) is 65.5 Å². The molecule has 5 heterocycles. The third-order valence-electron chi connectivity index (χ3n) is 8.34. The summed E-state index contributed by atoms with van der Waals surface area (Å²) in [5.41, 5.74) is 5.36. The summed E-state index contributed by atoms with van der Waals surface area (Å²) in [5.74, 6) is 2.54. The summed E-state index contributed by atoms with van der Waals surface area (Å²) < 4.78 is 11.5. The van der Waals surface area contributed by atoms with Crippen molar-refractivity contribution in [3.63, 3.8) is 0 Å². The number of anilines is 1. The van der Waals surface area contributed by atoms with E-state index in [9.17, 15) is 4.79 Å². The van der Waals surface area contributed by atoms with Crippen molar-refractivity contribution in [3.05, 3.63) is 71.0 Å². The van der Waals surface area contributed by atoms with Crippen LogP contribution in [0.1, 0.15) is 12.8 Å². The van der Waals surface area contributed by atoms with Gasteiger partial charge in [-0.25, -0.2) is 4.98 Å². The van der Waals surface area contributed by atoms with Gasteiger partial charge >= 0.3 is 0 Å². The van der Waals surface area contributed by atoms with Gasteiger partial charge in [-0.1, -0.05) is 30.3 Å². The number of para-hydroxylation sites is 3. The van der Waals surface area contributed by atoms with Crippen molar-refractivity contribution < 1.29 is 9.47 Å². The number of pyridine rings is 1. The molecule has 3 saturated heterocycles. The van der Waals surface area contributed by atoms with Gasteiger partial charge in [0.1, 0.15) is 22.9 Å². The van der Waals surface area contributed by atoms with Gasteiger partial charge in [0, 0.05) is 35.2 Å². The topological polar surface area (TPSA) is 95.3 Å². The molecule has 2 aromatic heterocycles. The number of hydrogen-bond acceptors (Lipinski definition) is 6. The Morgan fingerprint density at radius 1 is 0.897 bits per heavy atom. The van der Waals surface area contributed by atoms with Crippen molar-refractivity contribution in [2.45, 2.75) is 18.9 Å². The highest BCUT2D eigenvalue weighted by Gasteiger charge is 2.35. The number of imidazole rings is 1. The smallest absolute Gasteiger partial charge is 0.261 e. The number of H-pyrrole nitrogens is 2. The fourth-order valence-electron chi connectivity index (χ4n) is 6.33. The molecule has 0 spiro atoms. The first kappa shape index (κ1) is 23.8. The van der Waals surface area contributed by atoms with Crippen LogP contribution in [-0.2, 0) is 0 Å². The number of piperidine rings is 3. The van der Waals surface area contributed by atoms with E-state index in [1.165, 1.54) is 12.8 Å². The Kier molecular flexibility index (Phi) is 5.77. The van der Waals surface area contributed by atoms with Gasteiger partial charge in [-0.3, -0.25) is 4.79 Å². The minimum atomic E-state index is -0.197. The molecule has 5 aromatic rings. The molecule has 0 radical (unpaired) electrons. The molecule has 8 rings (SSSR count). The van der Waals surface area contributed by atoms with Crippen LogP contribution in [0.2, 0.25) is 0 Å². The molecule has 2 bridgehead atoms. The molecule has 39 heavy (non-hydrogen) atoms. The van der Waals surface area contributed by atoms with Crippen molar-refractivity contribution in [2.75, 3.05) is 39.2 Å². The Hall–Kier alpha value is -4.30. The highest BCUT2D eigenvalue weighted by atomic mass is 16.5. The second kappa shape index (κ2) is 9.47. The Balaban J connectivity index is 1.49. The van der Waals surface area contributed by atoms with Crippen LogP contribution in [0.3, 0.4) is 0 Å². The minimum absolute atomic E-state index is 0.197. The quantitative estimate of drug-likeness (QED) is 0.282. The number of aromatic nitrogens is 3. The highest BCUT2D eigenvalue weighted by molar-refractivity contribution is 6.02. The van der Waals surface area contributed by atoms with E-state index in [1.807, 2.05) is 54.6 Å². The Labute approximate surface area is 226 Å². The molecule has 3 aliphatic heterocycles. The summed E-state index contributed by atoms with van der Waals surface area (Å²) in [6.45, 7) is 3.25. The number of aromatic amines is 2. The Morgan fingerprint density at radius 2 is 1.67 bits per heavy atom. The first-order valence-electron chi connectivity index (χ1n) is 13.5. The van der Waals surface area contributed by atoms with E-state index in [4.69, 9.17) is 14.5 Å². The van der Waals surface area contributed by atoms with Gasteiger partial charge in [-0.2, -0.15) is 0 Å². The summed E-state index contributed by atoms with van der Waals surface area (Å²) >= 11 is 0. The third-order valence-corrected chi connectivity index (χ3v) is 8.34. The van der Waals surface area contributed by atoms with Crippen molar-refractivity contribution in [3.8, 4) is 34.0 Å². The zero-order valence-electron chi connectivity index (χ0n) is 22.1. The van der Waals surface area contributed by atoms with Crippen LogP contribution in [-0.4, -0.2) is 59.7 Å². The number of nitrogens with one attached hydrogen (secondary N) is 3. The van der Waals surface area contributed by atoms with Crippen molar-refractivity contribution >= 4 is 27.6 Å². The van der Waals surface area contributed by atoms with E-state index < -0.39 is 0 Å². The Bertz CT molecular complexity index is 1720. The van der Waals surface area contributed by atoms with Gasteiger partial charge in [-0.05, 0) is 56.1 Å². The van der Waals surface area contributed by atoms with E-state index in [1.54, 1.807) is 14.2 Å². The van der Waals surface area contributed by atoms with E-state index in [0.29, 0.717) is 28.6 Å². The highest BCUT2D eigenvalue weighted by Crippen LogP contribution is 2.42. The maximum atomic E-state index is 13.8. The molecule has 0 amide bonds. The van der Waals surface area contributed by atoms with Gasteiger partial charge in [0.15, 0.2) is 0 Å². The van der Waals surface area contributed by atoms with Gasteiger partial charge in [0.25, 0.3) is 5.56 Å². The predicted octanol–water partition coefficient (Wildman–Crippen LogP) is 5.26. The number of benzene rings is 3. The number of ether oxygens (including phenoxy) is 2. The van der Waals surface area contributed by atoms with Crippen molar-refractivity contribution in [1.29, 1.82) is 0 Å². The van der Waals surface area contributed by atoms with Gasteiger partial charge in [0.2, 0.25) is 0 Å². The van der Waals surface area contributed by atoms with E-state index >= 15 is 0 Å². The van der Waals surface area contributed by atoms with Crippen molar-refractivity contribution in [2.24, 2.45) is 5.92 Å². The van der Waals surface area contributed by atoms with Crippen LogP contribution < -0.4 is 20.3 Å². The summed E-state index contributed by atoms with van der Waals surface area (Å²) in [7, 11) is 3.32. The summed E-state index contributed by atoms with van der Waals surface area (Å²) in [6.07, 6.45) is 2.33. The van der Waals surface area contributed by atoms with Crippen LogP contribution in [0.5, 0.6) is 11.5 Å². The lowest BCUT2D eigenvalue weighted by atomic mass is 9.83. The molecular weight excluding hydrogens is 490 g/mol. The standard InChI is InChI=1S/C31H31N5O3/c1-38-26-10-6-3-7-19(26)20-15-21-24(16-27(20)39-2)35-31(37)28(30-33-22-8-4-5-9-23(22)34-30)29(21)32-25-17-36-13-11-18(25)12-14-36/h3-10,15-16,18,25H,11-14,17H2,1-2H3,(H,33,34)(H2,32,35,37)/t25-/m0/s1. The molecule has 0 unspecified atom stereocenters. The molecule has 8 heteroatoms. The summed E-state index contributed by atoms with van der Waals surface area (Å²) in [5, 5.41) is 4.76. The van der Waals surface area contributed by atoms with E-state index in [-0.39, 0.29) is 11.6 Å². The molecule has 3 fully saturated rings. The molecule has 198 valence electrons. The van der Waals surface area contributed by atoms with Crippen LogP contribution in [0.4, 0.5) is 5.69 Å². The molecular formula is C31H31N5O3. The molecule has 1 atom stereocenters. The summed E-state index contributed by atoms with van der Waals surface area (Å²) in [4.78, 5) is 27.6. The van der Waals surface area contributed by atoms with E-state index in [2.05, 4.69) is 26.3 Å².